The van der Waals surface area contributed by atoms with Crippen LogP contribution in [-0.4, -0.2) is 41.8 Å². The number of piperidine rings is 1. The van der Waals surface area contributed by atoms with Crippen molar-refractivity contribution in [1.29, 1.82) is 0 Å². The number of aromatic nitrogens is 1. The lowest BCUT2D eigenvalue weighted by Crippen LogP contribution is -2.36. The summed E-state index contributed by atoms with van der Waals surface area (Å²) < 4.78 is 5.18. The van der Waals surface area contributed by atoms with Gasteiger partial charge in [-0.3, -0.25) is 19.4 Å². The molecule has 0 aliphatic carbocycles. The Bertz CT molecular complexity index is 1100. The van der Waals surface area contributed by atoms with Crippen molar-refractivity contribution < 1.29 is 14.3 Å². The highest BCUT2D eigenvalue weighted by atomic mass is 32.1. The zero-order valence-electron chi connectivity index (χ0n) is 19.3. The van der Waals surface area contributed by atoms with Crippen LogP contribution < -0.4 is 9.64 Å². The summed E-state index contributed by atoms with van der Waals surface area (Å²) in [6.45, 7) is 6.02. The number of hydrogen-bond acceptors (Lipinski definition) is 6. The topological polar surface area (TPSA) is 62.7 Å². The zero-order valence-corrected chi connectivity index (χ0v) is 20.1. The average Bonchev–Trinajstić information content (AvgIpc) is 3.28. The third-order valence-electron chi connectivity index (χ3n) is 6.06. The summed E-state index contributed by atoms with van der Waals surface area (Å²) in [4.78, 5) is 33.9. The average molecular weight is 464 g/mol. The van der Waals surface area contributed by atoms with E-state index in [1.807, 2.05) is 60.8 Å². The molecule has 1 fully saturated rings. The molecule has 0 N–H and O–H groups in total. The molecule has 2 heterocycles. The van der Waals surface area contributed by atoms with Gasteiger partial charge in [-0.2, -0.15) is 0 Å². The SMILES string of the molecule is COc1ccc(C(=O)C2CCN(Cc3csc(N(C(C)=O)c4ccc(C)cc4)n3)CC2)cc1. The molecule has 1 aliphatic heterocycles. The van der Waals surface area contributed by atoms with E-state index in [1.165, 1.54) is 11.3 Å². The van der Waals surface area contributed by atoms with Crippen molar-refractivity contribution in [2.24, 2.45) is 5.92 Å². The van der Waals surface area contributed by atoms with Crippen LogP contribution in [0.3, 0.4) is 0 Å². The molecule has 4 rings (SSSR count). The van der Waals surface area contributed by atoms with Gasteiger partial charge in [-0.1, -0.05) is 17.7 Å². The van der Waals surface area contributed by atoms with E-state index in [4.69, 9.17) is 9.72 Å². The Labute approximate surface area is 198 Å². The molecule has 0 spiro atoms. The normalized spacial score (nSPS) is 14.8. The second-order valence-corrected chi connectivity index (χ2v) is 9.29. The lowest BCUT2D eigenvalue weighted by molar-refractivity contribution is -0.115. The Kier molecular flexibility index (Phi) is 7.20. The minimum atomic E-state index is -0.0578. The molecule has 0 saturated carbocycles. The third kappa shape index (κ3) is 5.49. The van der Waals surface area contributed by atoms with Crippen LogP contribution in [0, 0.1) is 12.8 Å². The summed E-state index contributed by atoms with van der Waals surface area (Å²) in [7, 11) is 1.62. The van der Waals surface area contributed by atoms with Crippen molar-refractivity contribution in [2.75, 3.05) is 25.1 Å². The van der Waals surface area contributed by atoms with E-state index in [0.29, 0.717) is 5.13 Å². The Morgan fingerprint density at radius 2 is 1.76 bits per heavy atom. The van der Waals surface area contributed by atoms with E-state index >= 15 is 0 Å². The molecule has 1 aliphatic rings. The van der Waals surface area contributed by atoms with E-state index in [0.717, 1.165) is 60.7 Å². The molecule has 33 heavy (non-hydrogen) atoms. The largest absolute Gasteiger partial charge is 0.497 e. The van der Waals surface area contributed by atoms with Gasteiger partial charge < -0.3 is 4.74 Å². The maximum atomic E-state index is 12.9. The minimum Gasteiger partial charge on any atom is -0.497 e. The second kappa shape index (κ2) is 10.3. The Balaban J connectivity index is 1.35. The van der Waals surface area contributed by atoms with Crippen molar-refractivity contribution in [3.63, 3.8) is 0 Å². The first-order chi connectivity index (χ1) is 15.9. The molecule has 1 saturated heterocycles. The number of hydrogen-bond donors (Lipinski definition) is 0. The maximum absolute atomic E-state index is 12.9. The van der Waals surface area contributed by atoms with Gasteiger partial charge in [0.05, 0.1) is 18.5 Å². The summed E-state index contributed by atoms with van der Waals surface area (Å²) in [6, 6.07) is 15.3. The number of anilines is 2. The Morgan fingerprint density at radius 1 is 1.09 bits per heavy atom. The summed E-state index contributed by atoms with van der Waals surface area (Å²) in [6.07, 6.45) is 1.68. The number of Topliss-reactive ketones (excluding diaryl/α,β-unsaturated/α-hetero) is 1. The number of methoxy groups -OCH3 is 1. The number of thiazole rings is 1. The van der Waals surface area contributed by atoms with Gasteiger partial charge in [-0.15, -0.1) is 11.3 Å². The van der Waals surface area contributed by atoms with Gasteiger partial charge in [0.15, 0.2) is 10.9 Å². The van der Waals surface area contributed by atoms with Crippen LogP contribution in [0.1, 0.15) is 41.4 Å². The Morgan fingerprint density at radius 3 is 2.36 bits per heavy atom. The third-order valence-corrected chi connectivity index (χ3v) is 6.93. The lowest BCUT2D eigenvalue weighted by Gasteiger charge is -2.30. The van der Waals surface area contributed by atoms with Crippen LogP contribution in [0.2, 0.25) is 0 Å². The molecule has 0 atom stereocenters. The van der Waals surface area contributed by atoms with E-state index in [1.54, 1.807) is 18.9 Å². The standard InChI is InChI=1S/C26H29N3O3S/c1-18-4-8-23(9-5-18)29(19(2)30)26-27-22(17-33-26)16-28-14-12-21(13-15-28)25(31)20-6-10-24(32-3)11-7-20/h4-11,17,21H,12-16H2,1-3H3. The van der Waals surface area contributed by atoms with Gasteiger partial charge in [0.25, 0.3) is 0 Å². The predicted octanol–water partition coefficient (Wildman–Crippen LogP) is 5.24. The molecule has 1 aromatic heterocycles. The number of likely N-dealkylation sites (tertiary alicyclic amines) is 1. The summed E-state index contributed by atoms with van der Waals surface area (Å²) in [5.41, 5.74) is 3.68. The van der Waals surface area contributed by atoms with Gasteiger partial charge in [-0.25, -0.2) is 4.98 Å². The quantitative estimate of drug-likeness (QED) is 0.449. The highest BCUT2D eigenvalue weighted by Gasteiger charge is 2.26. The molecular formula is C26H29N3O3S. The monoisotopic (exact) mass is 463 g/mol. The first-order valence-electron chi connectivity index (χ1n) is 11.2. The summed E-state index contributed by atoms with van der Waals surface area (Å²) in [5.74, 6) is 0.964. The molecule has 3 aromatic rings. The molecule has 2 aromatic carbocycles. The fourth-order valence-electron chi connectivity index (χ4n) is 4.17. The first-order valence-corrected chi connectivity index (χ1v) is 12.0. The number of carbonyl (C=O) groups excluding carboxylic acids is 2. The molecule has 1 amide bonds. The van der Waals surface area contributed by atoms with Gasteiger partial charge in [-0.05, 0) is 69.3 Å². The number of benzene rings is 2. The number of ether oxygens (including phenoxy) is 1. The molecule has 0 bridgehead atoms. The van der Waals surface area contributed by atoms with Crippen LogP contribution in [0.15, 0.2) is 53.9 Å². The fraction of sp³-hybridized carbons (Fsp3) is 0.346. The maximum Gasteiger partial charge on any atom is 0.230 e. The second-order valence-electron chi connectivity index (χ2n) is 8.45. The number of rotatable bonds is 7. The summed E-state index contributed by atoms with van der Waals surface area (Å²) >= 11 is 1.48. The van der Waals surface area contributed by atoms with Crippen molar-refractivity contribution >= 4 is 33.8 Å². The number of carbonyl (C=O) groups is 2. The first kappa shape index (κ1) is 23.1. The number of amides is 1. The predicted molar refractivity (Wildman–Crippen MR) is 131 cm³/mol. The van der Waals surface area contributed by atoms with Gasteiger partial charge >= 0.3 is 0 Å². The highest BCUT2D eigenvalue weighted by Crippen LogP contribution is 2.30. The molecule has 7 heteroatoms. The van der Waals surface area contributed by atoms with E-state index in [9.17, 15) is 9.59 Å². The van der Waals surface area contributed by atoms with Crippen LogP contribution in [-0.2, 0) is 11.3 Å². The summed E-state index contributed by atoms with van der Waals surface area (Å²) in [5, 5.41) is 2.71. The van der Waals surface area contributed by atoms with Gasteiger partial charge in [0, 0.05) is 30.3 Å². The van der Waals surface area contributed by atoms with E-state index in [2.05, 4.69) is 4.90 Å². The number of aryl methyl sites for hydroxylation is 1. The van der Waals surface area contributed by atoms with Crippen molar-refractivity contribution in [3.8, 4) is 5.75 Å². The van der Waals surface area contributed by atoms with Gasteiger partial charge in [0.1, 0.15) is 5.75 Å². The fourth-order valence-corrected chi connectivity index (χ4v) is 5.04. The smallest absolute Gasteiger partial charge is 0.230 e. The van der Waals surface area contributed by atoms with E-state index in [-0.39, 0.29) is 17.6 Å². The number of nitrogens with zero attached hydrogens (tertiary/aromatic N) is 3. The van der Waals surface area contributed by atoms with Crippen molar-refractivity contribution in [1.82, 2.24) is 9.88 Å². The van der Waals surface area contributed by atoms with Crippen molar-refractivity contribution in [2.45, 2.75) is 33.2 Å². The van der Waals surface area contributed by atoms with Crippen LogP contribution in [0.5, 0.6) is 5.75 Å². The molecule has 0 unspecified atom stereocenters. The molecule has 0 radical (unpaired) electrons. The lowest BCUT2D eigenvalue weighted by atomic mass is 9.89. The van der Waals surface area contributed by atoms with Gasteiger partial charge in [0.2, 0.25) is 5.91 Å². The van der Waals surface area contributed by atoms with Crippen LogP contribution in [0.4, 0.5) is 10.8 Å². The number of ketones is 1. The molecule has 6 nitrogen and oxygen atoms in total. The molecular weight excluding hydrogens is 434 g/mol. The van der Waals surface area contributed by atoms with Crippen LogP contribution >= 0.6 is 11.3 Å². The van der Waals surface area contributed by atoms with Crippen molar-refractivity contribution in [3.05, 3.63) is 70.7 Å². The minimum absolute atomic E-state index is 0.0513. The Hall–Kier alpha value is -3.03. The van der Waals surface area contributed by atoms with E-state index < -0.39 is 0 Å². The van der Waals surface area contributed by atoms with Crippen LogP contribution in [0.25, 0.3) is 0 Å². The zero-order chi connectivity index (χ0) is 23.4. The molecule has 172 valence electrons. The highest BCUT2D eigenvalue weighted by molar-refractivity contribution is 7.14.